The van der Waals surface area contributed by atoms with Gasteiger partial charge in [-0.15, -0.1) is 0 Å². The molecule has 0 bridgehead atoms. The van der Waals surface area contributed by atoms with E-state index < -0.39 is 0 Å². The van der Waals surface area contributed by atoms with Gasteiger partial charge < -0.3 is 10.3 Å². The summed E-state index contributed by atoms with van der Waals surface area (Å²) >= 11 is 0. The van der Waals surface area contributed by atoms with Crippen molar-refractivity contribution in [2.45, 2.75) is 13.3 Å². The third-order valence-electron chi connectivity index (χ3n) is 3.78. The van der Waals surface area contributed by atoms with E-state index in [9.17, 15) is 4.79 Å². The highest BCUT2D eigenvalue weighted by atomic mass is 16.1. The topological polar surface area (TPSA) is 44.9 Å². The highest BCUT2D eigenvalue weighted by Gasteiger charge is 2.10. The lowest BCUT2D eigenvalue weighted by Crippen LogP contribution is -2.25. The van der Waals surface area contributed by atoms with Crippen molar-refractivity contribution >= 4 is 16.8 Å². The van der Waals surface area contributed by atoms with Crippen LogP contribution in [0.25, 0.3) is 10.9 Å². The number of benzene rings is 2. The van der Waals surface area contributed by atoms with Gasteiger partial charge in [-0.05, 0) is 30.5 Å². The Hall–Kier alpha value is -2.55. The molecule has 1 heterocycles. The standard InChI is InChI=1S/C18H18N2O/c1-13-6-2-3-7-14(13)10-11-19-18(21)16-12-20-17-9-5-4-8-15(16)17/h2-9,12,20H,10-11H2,1H3,(H,19,21). The summed E-state index contributed by atoms with van der Waals surface area (Å²) in [5.74, 6) is -0.0268. The van der Waals surface area contributed by atoms with Crippen LogP contribution < -0.4 is 5.32 Å². The zero-order valence-electron chi connectivity index (χ0n) is 12.0. The number of hydrogen-bond donors (Lipinski definition) is 2. The van der Waals surface area contributed by atoms with Gasteiger partial charge in [0.15, 0.2) is 0 Å². The molecule has 106 valence electrons. The van der Waals surface area contributed by atoms with Gasteiger partial charge in [-0.2, -0.15) is 0 Å². The summed E-state index contributed by atoms with van der Waals surface area (Å²) in [4.78, 5) is 15.4. The molecule has 0 unspecified atom stereocenters. The number of para-hydroxylation sites is 1. The molecular weight excluding hydrogens is 260 g/mol. The van der Waals surface area contributed by atoms with Crippen molar-refractivity contribution in [3.05, 3.63) is 71.4 Å². The molecule has 0 fully saturated rings. The van der Waals surface area contributed by atoms with Gasteiger partial charge in [0.25, 0.3) is 5.91 Å². The fourth-order valence-electron chi connectivity index (χ4n) is 2.56. The zero-order chi connectivity index (χ0) is 14.7. The molecule has 2 N–H and O–H groups in total. The summed E-state index contributed by atoms with van der Waals surface area (Å²) < 4.78 is 0. The van der Waals surface area contributed by atoms with E-state index in [1.54, 1.807) is 6.20 Å². The monoisotopic (exact) mass is 278 g/mol. The first-order valence-corrected chi connectivity index (χ1v) is 7.14. The molecule has 0 aliphatic rings. The average Bonchev–Trinajstić information content (AvgIpc) is 2.93. The summed E-state index contributed by atoms with van der Waals surface area (Å²) in [5.41, 5.74) is 4.23. The van der Waals surface area contributed by atoms with Crippen LogP contribution in [0.4, 0.5) is 0 Å². The molecule has 0 saturated heterocycles. The number of fused-ring (bicyclic) bond motifs is 1. The smallest absolute Gasteiger partial charge is 0.253 e. The lowest BCUT2D eigenvalue weighted by molar-refractivity contribution is 0.0956. The highest BCUT2D eigenvalue weighted by molar-refractivity contribution is 6.06. The van der Waals surface area contributed by atoms with Crippen molar-refractivity contribution in [3.8, 4) is 0 Å². The lowest BCUT2D eigenvalue weighted by atomic mass is 10.1. The SMILES string of the molecule is Cc1ccccc1CCNC(=O)c1c[nH]c2ccccc12. The number of carbonyl (C=O) groups is 1. The fraction of sp³-hybridized carbons (Fsp3) is 0.167. The van der Waals surface area contributed by atoms with Crippen LogP contribution in [0, 0.1) is 6.92 Å². The fourth-order valence-corrected chi connectivity index (χ4v) is 2.56. The van der Waals surface area contributed by atoms with E-state index in [1.165, 1.54) is 11.1 Å². The number of aryl methyl sites for hydroxylation is 1. The number of nitrogens with one attached hydrogen (secondary N) is 2. The Morgan fingerprint density at radius 1 is 1.10 bits per heavy atom. The van der Waals surface area contributed by atoms with Gasteiger partial charge in [0.1, 0.15) is 0 Å². The summed E-state index contributed by atoms with van der Waals surface area (Å²) in [7, 11) is 0. The summed E-state index contributed by atoms with van der Waals surface area (Å²) in [6.07, 6.45) is 2.62. The van der Waals surface area contributed by atoms with Crippen LogP contribution in [0.5, 0.6) is 0 Å². The second kappa shape index (κ2) is 5.83. The Labute approximate surface area is 124 Å². The third kappa shape index (κ3) is 2.82. The lowest BCUT2D eigenvalue weighted by Gasteiger charge is -2.07. The van der Waals surface area contributed by atoms with Crippen molar-refractivity contribution in [2.75, 3.05) is 6.54 Å². The van der Waals surface area contributed by atoms with Gasteiger partial charge in [-0.1, -0.05) is 42.5 Å². The molecule has 0 atom stereocenters. The summed E-state index contributed by atoms with van der Waals surface area (Å²) in [6.45, 7) is 2.74. The zero-order valence-corrected chi connectivity index (χ0v) is 12.0. The van der Waals surface area contributed by atoms with Crippen molar-refractivity contribution in [2.24, 2.45) is 0 Å². The maximum Gasteiger partial charge on any atom is 0.253 e. The molecular formula is C18H18N2O. The van der Waals surface area contributed by atoms with Gasteiger partial charge in [-0.25, -0.2) is 0 Å². The Kier molecular flexibility index (Phi) is 3.73. The highest BCUT2D eigenvalue weighted by Crippen LogP contribution is 2.17. The van der Waals surface area contributed by atoms with Crippen LogP contribution in [0.1, 0.15) is 21.5 Å². The van der Waals surface area contributed by atoms with Gasteiger partial charge in [0, 0.05) is 23.6 Å². The maximum atomic E-state index is 12.3. The first-order valence-electron chi connectivity index (χ1n) is 7.14. The molecule has 0 radical (unpaired) electrons. The van der Waals surface area contributed by atoms with E-state index in [4.69, 9.17) is 0 Å². The number of aromatic amines is 1. The number of amides is 1. The molecule has 0 aliphatic heterocycles. The molecule has 1 amide bonds. The van der Waals surface area contributed by atoms with Crippen molar-refractivity contribution < 1.29 is 4.79 Å². The van der Waals surface area contributed by atoms with Gasteiger partial charge in [0.05, 0.1) is 5.56 Å². The second-order valence-electron chi connectivity index (χ2n) is 5.18. The van der Waals surface area contributed by atoms with E-state index in [-0.39, 0.29) is 5.91 Å². The van der Waals surface area contributed by atoms with Crippen molar-refractivity contribution in [3.63, 3.8) is 0 Å². The first-order chi connectivity index (χ1) is 10.3. The number of hydrogen-bond acceptors (Lipinski definition) is 1. The largest absolute Gasteiger partial charge is 0.360 e. The van der Waals surface area contributed by atoms with E-state index in [2.05, 4.69) is 29.4 Å². The normalized spacial score (nSPS) is 10.7. The molecule has 0 saturated carbocycles. The van der Waals surface area contributed by atoms with Crippen LogP contribution in [0.3, 0.4) is 0 Å². The van der Waals surface area contributed by atoms with Crippen molar-refractivity contribution in [1.29, 1.82) is 0 Å². The van der Waals surface area contributed by atoms with E-state index in [1.807, 2.05) is 36.4 Å². The molecule has 1 aromatic heterocycles. The van der Waals surface area contributed by atoms with Crippen LogP contribution >= 0.6 is 0 Å². The second-order valence-corrected chi connectivity index (χ2v) is 5.18. The van der Waals surface area contributed by atoms with E-state index in [0.29, 0.717) is 12.1 Å². The minimum Gasteiger partial charge on any atom is -0.360 e. The Morgan fingerprint density at radius 2 is 1.86 bits per heavy atom. The molecule has 3 heteroatoms. The minimum atomic E-state index is -0.0268. The number of rotatable bonds is 4. The predicted octanol–water partition coefficient (Wildman–Crippen LogP) is 3.45. The third-order valence-corrected chi connectivity index (χ3v) is 3.78. The van der Waals surface area contributed by atoms with Crippen LogP contribution in [-0.2, 0) is 6.42 Å². The Bertz CT molecular complexity index is 773. The van der Waals surface area contributed by atoms with Gasteiger partial charge >= 0.3 is 0 Å². The molecule has 2 aromatic carbocycles. The van der Waals surface area contributed by atoms with Crippen LogP contribution in [-0.4, -0.2) is 17.4 Å². The van der Waals surface area contributed by atoms with Gasteiger partial charge in [-0.3, -0.25) is 4.79 Å². The molecule has 3 nitrogen and oxygen atoms in total. The van der Waals surface area contributed by atoms with Crippen molar-refractivity contribution in [1.82, 2.24) is 10.3 Å². The molecule has 0 aliphatic carbocycles. The molecule has 3 aromatic rings. The number of H-pyrrole nitrogens is 1. The van der Waals surface area contributed by atoms with Crippen LogP contribution in [0.15, 0.2) is 54.7 Å². The molecule has 0 spiro atoms. The first kappa shape index (κ1) is 13.4. The van der Waals surface area contributed by atoms with E-state index >= 15 is 0 Å². The Balaban J connectivity index is 1.66. The molecule has 21 heavy (non-hydrogen) atoms. The quantitative estimate of drug-likeness (QED) is 0.754. The van der Waals surface area contributed by atoms with Gasteiger partial charge in [0.2, 0.25) is 0 Å². The minimum absolute atomic E-state index is 0.0268. The average molecular weight is 278 g/mol. The predicted molar refractivity (Wildman–Crippen MR) is 85.5 cm³/mol. The van der Waals surface area contributed by atoms with Crippen LogP contribution in [0.2, 0.25) is 0 Å². The number of carbonyl (C=O) groups excluding carboxylic acids is 1. The Morgan fingerprint density at radius 3 is 2.71 bits per heavy atom. The summed E-state index contributed by atoms with van der Waals surface area (Å²) in [5, 5.41) is 3.96. The molecule has 3 rings (SSSR count). The number of aromatic nitrogens is 1. The maximum absolute atomic E-state index is 12.3. The summed E-state index contributed by atoms with van der Waals surface area (Å²) in [6, 6.07) is 16.1. The van der Waals surface area contributed by atoms with E-state index in [0.717, 1.165) is 17.3 Å².